The van der Waals surface area contributed by atoms with Crippen LogP contribution in [0.3, 0.4) is 0 Å². The monoisotopic (exact) mass is 970 g/mol. The molecule has 2 atom stereocenters. The first-order valence-corrected chi connectivity index (χ1v) is 30.8. The number of nitrogens with one attached hydrogen (secondary N) is 1. The Morgan fingerprint density at radius 1 is 0.391 bits per heavy atom. The predicted octanol–water partition coefficient (Wildman–Crippen LogP) is 19.2. The topological polar surface area (TPSA) is 95.9 Å². The quantitative estimate of drug-likeness (QED) is 0.0321. The van der Waals surface area contributed by atoms with Crippen molar-refractivity contribution in [3.63, 3.8) is 0 Å². The first-order valence-electron chi connectivity index (χ1n) is 30.8. The fourth-order valence-electron chi connectivity index (χ4n) is 9.39. The maximum atomic E-state index is 12.4. The van der Waals surface area contributed by atoms with Crippen LogP contribution in [-0.4, -0.2) is 47.4 Å². The highest BCUT2D eigenvalue weighted by atomic mass is 16.5. The Hall–Kier alpha value is -1.92. The lowest BCUT2D eigenvalue weighted by Crippen LogP contribution is -2.45. The summed E-state index contributed by atoms with van der Waals surface area (Å²) in [7, 11) is 0. The van der Waals surface area contributed by atoms with Gasteiger partial charge < -0.3 is 20.3 Å². The number of amides is 1. The molecule has 0 saturated carbocycles. The summed E-state index contributed by atoms with van der Waals surface area (Å²) < 4.78 is 5.49. The maximum Gasteiger partial charge on any atom is 0.305 e. The van der Waals surface area contributed by atoms with E-state index in [0.29, 0.717) is 19.4 Å². The molecule has 3 N–H and O–H groups in total. The Morgan fingerprint density at radius 2 is 0.681 bits per heavy atom. The molecule has 0 fully saturated rings. The highest BCUT2D eigenvalue weighted by Gasteiger charge is 2.18. The van der Waals surface area contributed by atoms with Crippen molar-refractivity contribution in [3.05, 3.63) is 36.5 Å². The van der Waals surface area contributed by atoms with Crippen molar-refractivity contribution < 1.29 is 24.5 Å². The largest absolute Gasteiger partial charge is 0.466 e. The SMILES string of the molecule is CCCCCCCCC/C=C\CCCCCCCCCC(=O)OCCCCCCCCCCCCCC/C=C\CCCCCCCCCC(=O)NC(CO)C(O)/C=C/CCCCCCCCCCC. The normalized spacial score (nSPS) is 12.8. The molecule has 0 rings (SSSR count). The average Bonchev–Trinajstić information content (AvgIpc) is 3.35. The van der Waals surface area contributed by atoms with E-state index in [1.165, 1.54) is 250 Å². The lowest BCUT2D eigenvalue weighted by molar-refractivity contribution is -0.143. The van der Waals surface area contributed by atoms with E-state index < -0.39 is 12.1 Å². The summed E-state index contributed by atoms with van der Waals surface area (Å²) in [4.78, 5) is 24.5. The fourth-order valence-corrected chi connectivity index (χ4v) is 9.39. The van der Waals surface area contributed by atoms with Crippen molar-refractivity contribution in [1.29, 1.82) is 0 Å². The smallest absolute Gasteiger partial charge is 0.305 e. The third-order valence-corrected chi connectivity index (χ3v) is 14.1. The Morgan fingerprint density at radius 3 is 1.03 bits per heavy atom. The van der Waals surface area contributed by atoms with Gasteiger partial charge in [0.1, 0.15) is 0 Å². The number of carbonyl (C=O) groups is 2. The molecule has 0 aliphatic carbocycles. The van der Waals surface area contributed by atoms with Crippen LogP contribution in [0.1, 0.15) is 328 Å². The predicted molar refractivity (Wildman–Crippen MR) is 301 cm³/mol. The molecular weight excluding hydrogens is 851 g/mol. The average molecular weight is 971 g/mol. The summed E-state index contributed by atoms with van der Waals surface area (Å²) in [6.07, 6.45) is 73.3. The van der Waals surface area contributed by atoms with Gasteiger partial charge in [-0.2, -0.15) is 0 Å². The molecule has 0 aliphatic heterocycles. The summed E-state index contributed by atoms with van der Waals surface area (Å²) >= 11 is 0. The molecule has 406 valence electrons. The molecule has 6 heteroatoms. The standard InChI is InChI=1S/C63H119NO5/c1-3-5-7-9-11-13-15-16-17-18-27-30-33-37-41-45-49-53-57-63(68)69-58-54-50-46-42-38-34-31-28-25-23-21-19-20-22-24-26-29-32-36-40-44-48-52-56-62(67)64-60(59-65)61(66)55-51-47-43-39-35-14-12-10-8-6-4-2/h17-18,22,24,51,55,60-61,65-66H,3-16,19-21,23,25-50,52-54,56-59H2,1-2H3,(H,64,67)/b18-17-,24-22-,55-51+. The molecule has 0 saturated heterocycles. The van der Waals surface area contributed by atoms with Gasteiger partial charge in [0, 0.05) is 12.8 Å². The van der Waals surface area contributed by atoms with Crippen molar-refractivity contribution >= 4 is 11.9 Å². The van der Waals surface area contributed by atoms with Crippen LogP contribution in [-0.2, 0) is 14.3 Å². The van der Waals surface area contributed by atoms with Crippen LogP contribution in [0.4, 0.5) is 0 Å². The van der Waals surface area contributed by atoms with Crippen molar-refractivity contribution in [2.75, 3.05) is 13.2 Å². The van der Waals surface area contributed by atoms with Gasteiger partial charge in [0.15, 0.2) is 0 Å². The number of rotatable bonds is 57. The van der Waals surface area contributed by atoms with Crippen molar-refractivity contribution in [2.45, 2.75) is 341 Å². The summed E-state index contributed by atoms with van der Waals surface area (Å²) in [6, 6.07) is -0.631. The minimum absolute atomic E-state index is 0.00792. The number of aliphatic hydroxyl groups is 2. The van der Waals surface area contributed by atoms with Gasteiger partial charge in [-0.1, -0.05) is 269 Å². The molecule has 0 spiro atoms. The zero-order chi connectivity index (χ0) is 50.0. The fraction of sp³-hybridized carbons (Fsp3) is 0.873. The number of aliphatic hydroxyl groups excluding tert-OH is 2. The molecule has 0 heterocycles. The van der Waals surface area contributed by atoms with Crippen molar-refractivity contribution in [2.24, 2.45) is 0 Å². The van der Waals surface area contributed by atoms with Gasteiger partial charge in [-0.05, 0) is 83.5 Å². The minimum Gasteiger partial charge on any atom is -0.466 e. The zero-order valence-corrected chi connectivity index (χ0v) is 46.3. The van der Waals surface area contributed by atoms with Crippen LogP contribution in [0, 0.1) is 0 Å². The Kier molecular flexibility index (Phi) is 57.0. The van der Waals surface area contributed by atoms with Gasteiger partial charge in [0.25, 0.3) is 0 Å². The van der Waals surface area contributed by atoms with Gasteiger partial charge >= 0.3 is 5.97 Å². The molecule has 0 aliphatic rings. The van der Waals surface area contributed by atoms with E-state index in [0.717, 1.165) is 51.4 Å². The Labute approximate surface area is 430 Å². The van der Waals surface area contributed by atoms with Crippen LogP contribution in [0.25, 0.3) is 0 Å². The van der Waals surface area contributed by atoms with Crippen LogP contribution >= 0.6 is 0 Å². The van der Waals surface area contributed by atoms with Gasteiger partial charge in [0.2, 0.25) is 5.91 Å². The number of carbonyl (C=O) groups excluding carboxylic acids is 2. The molecule has 0 aromatic heterocycles. The molecular formula is C63H119NO5. The van der Waals surface area contributed by atoms with Gasteiger partial charge in [-0.3, -0.25) is 9.59 Å². The van der Waals surface area contributed by atoms with Crippen molar-refractivity contribution in [3.8, 4) is 0 Å². The number of hydrogen-bond donors (Lipinski definition) is 3. The summed E-state index contributed by atoms with van der Waals surface area (Å²) in [5.41, 5.74) is 0. The van der Waals surface area contributed by atoms with Crippen LogP contribution in [0.2, 0.25) is 0 Å². The number of unbranched alkanes of at least 4 members (excludes halogenated alkanes) is 42. The first-order chi connectivity index (χ1) is 34.0. The Bertz CT molecular complexity index is 1120. The van der Waals surface area contributed by atoms with Gasteiger partial charge in [-0.25, -0.2) is 0 Å². The van der Waals surface area contributed by atoms with Crippen LogP contribution in [0.5, 0.6) is 0 Å². The highest BCUT2D eigenvalue weighted by Crippen LogP contribution is 2.16. The van der Waals surface area contributed by atoms with E-state index in [4.69, 9.17) is 4.74 Å². The minimum atomic E-state index is -0.847. The van der Waals surface area contributed by atoms with Gasteiger partial charge in [-0.15, -0.1) is 0 Å². The van der Waals surface area contributed by atoms with E-state index in [9.17, 15) is 19.8 Å². The molecule has 2 unspecified atom stereocenters. The van der Waals surface area contributed by atoms with Crippen molar-refractivity contribution in [1.82, 2.24) is 5.32 Å². The molecule has 1 amide bonds. The van der Waals surface area contributed by atoms with Crippen LogP contribution < -0.4 is 5.32 Å². The lowest BCUT2D eigenvalue weighted by Gasteiger charge is -2.20. The second-order valence-electron chi connectivity index (χ2n) is 21.0. The molecule has 0 bridgehead atoms. The third-order valence-electron chi connectivity index (χ3n) is 14.1. The summed E-state index contributed by atoms with van der Waals surface area (Å²) in [5, 5.41) is 23.0. The summed E-state index contributed by atoms with van der Waals surface area (Å²) in [6.45, 7) is 4.89. The van der Waals surface area contributed by atoms with Crippen LogP contribution in [0.15, 0.2) is 36.5 Å². The van der Waals surface area contributed by atoms with E-state index in [1.807, 2.05) is 6.08 Å². The number of esters is 1. The summed E-state index contributed by atoms with van der Waals surface area (Å²) in [5.74, 6) is -0.0675. The molecule has 6 nitrogen and oxygen atoms in total. The van der Waals surface area contributed by atoms with E-state index in [2.05, 4.69) is 43.5 Å². The Balaban J connectivity index is 3.40. The second kappa shape index (κ2) is 58.6. The number of hydrogen-bond acceptors (Lipinski definition) is 5. The molecule has 69 heavy (non-hydrogen) atoms. The van der Waals surface area contributed by atoms with E-state index in [1.54, 1.807) is 6.08 Å². The molecule has 0 radical (unpaired) electrons. The van der Waals surface area contributed by atoms with E-state index >= 15 is 0 Å². The van der Waals surface area contributed by atoms with Gasteiger partial charge in [0.05, 0.1) is 25.4 Å². The third kappa shape index (κ3) is 55.2. The molecule has 0 aromatic rings. The zero-order valence-electron chi connectivity index (χ0n) is 46.3. The number of allylic oxidation sites excluding steroid dienone is 5. The lowest BCUT2D eigenvalue weighted by atomic mass is 10.0. The maximum absolute atomic E-state index is 12.4. The first kappa shape index (κ1) is 67.1. The molecule has 0 aromatic carbocycles. The highest BCUT2D eigenvalue weighted by molar-refractivity contribution is 5.76. The number of ether oxygens (including phenoxy) is 1. The van der Waals surface area contributed by atoms with E-state index in [-0.39, 0.29) is 18.5 Å². The second-order valence-corrected chi connectivity index (χ2v) is 21.0.